The molecule has 0 unspecified atom stereocenters. The molecule has 1 fully saturated rings. The Morgan fingerprint density at radius 2 is 0.983 bits per heavy atom. The Morgan fingerprint density at radius 1 is 0.414 bits per heavy atom. The summed E-state index contributed by atoms with van der Waals surface area (Å²) in [5, 5.41) is 7.85. The fraction of sp³-hybridized carbons (Fsp3) is 0.107. The maximum atomic E-state index is 2.54. The first kappa shape index (κ1) is 34.7. The molecule has 0 N–H and O–H groups in total. The molecule has 1 heterocycles. The first-order valence-corrected chi connectivity index (χ1v) is 21.6. The highest BCUT2D eigenvalue weighted by molar-refractivity contribution is 7.26. The Hall–Kier alpha value is -6.48. The summed E-state index contributed by atoms with van der Waals surface area (Å²) in [6, 6.07) is 72.3. The van der Waals surface area contributed by atoms with E-state index in [-0.39, 0.29) is 0 Å². The van der Waals surface area contributed by atoms with Gasteiger partial charge < -0.3 is 4.90 Å². The molecule has 0 atom stereocenters. The van der Waals surface area contributed by atoms with Crippen molar-refractivity contribution in [3.63, 3.8) is 0 Å². The summed E-state index contributed by atoms with van der Waals surface area (Å²) in [6.07, 6.45) is 6.49. The number of thiophene rings is 1. The third-order valence-electron chi connectivity index (χ3n) is 12.5. The minimum atomic E-state index is 0.585. The van der Waals surface area contributed by atoms with Crippen molar-refractivity contribution in [3.8, 4) is 33.4 Å². The molecule has 1 aliphatic rings. The molecule has 0 aliphatic heterocycles. The van der Waals surface area contributed by atoms with Gasteiger partial charge in [0.2, 0.25) is 0 Å². The molecule has 278 valence electrons. The van der Waals surface area contributed by atoms with Crippen molar-refractivity contribution in [1.29, 1.82) is 0 Å². The van der Waals surface area contributed by atoms with E-state index in [1.807, 2.05) is 11.3 Å². The molecule has 0 saturated heterocycles. The molecule has 11 rings (SSSR count). The lowest BCUT2D eigenvalue weighted by atomic mass is 9.80. The second-order valence-corrected chi connectivity index (χ2v) is 16.9. The Labute approximate surface area is 344 Å². The Kier molecular flexibility index (Phi) is 8.86. The summed E-state index contributed by atoms with van der Waals surface area (Å²) in [5.41, 5.74) is 12.4. The van der Waals surface area contributed by atoms with Crippen molar-refractivity contribution in [3.05, 3.63) is 200 Å². The zero-order chi connectivity index (χ0) is 38.4. The van der Waals surface area contributed by atoms with Gasteiger partial charge in [-0.2, -0.15) is 0 Å². The lowest BCUT2D eigenvalue weighted by Gasteiger charge is -2.31. The van der Waals surface area contributed by atoms with Crippen LogP contribution in [0.3, 0.4) is 0 Å². The fourth-order valence-electron chi connectivity index (χ4n) is 9.80. The predicted octanol–water partition coefficient (Wildman–Crippen LogP) is 16.9. The van der Waals surface area contributed by atoms with E-state index in [4.69, 9.17) is 0 Å². The van der Waals surface area contributed by atoms with E-state index in [1.54, 1.807) is 0 Å². The minimum Gasteiger partial charge on any atom is -0.309 e. The minimum absolute atomic E-state index is 0.585. The van der Waals surface area contributed by atoms with E-state index in [9.17, 15) is 0 Å². The second kappa shape index (κ2) is 14.8. The molecule has 0 amide bonds. The summed E-state index contributed by atoms with van der Waals surface area (Å²) in [5.74, 6) is 0.585. The van der Waals surface area contributed by atoms with Gasteiger partial charge in [0.25, 0.3) is 0 Å². The SMILES string of the molecule is c1cc(-c2cccc3ccccc23)cc(N(c2ccccc2-c2cccc3c2sc2ccccc23)c2ccccc2-c2cccc3cccc(C4CCCCC4)c23)c1. The summed E-state index contributed by atoms with van der Waals surface area (Å²) in [7, 11) is 0. The van der Waals surface area contributed by atoms with E-state index in [2.05, 4.69) is 199 Å². The lowest BCUT2D eigenvalue weighted by Crippen LogP contribution is -2.13. The van der Waals surface area contributed by atoms with Crippen molar-refractivity contribution in [1.82, 2.24) is 0 Å². The van der Waals surface area contributed by atoms with Gasteiger partial charge in [-0.1, -0.05) is 183 Å². The van der Waals surface area contributed by atoms with Gasteiger partial charge in [-0.3, -0.25) is 0 Å². The van der Waals surface area contributed by atoms with Gasteiger partial charge in [0.15, 0.2) is 0 Å². The molecular formula is C56H43NS. The van der Waals surface area contributed by atoms with Crippen LogP contribution in [-0.4, -0.2) is 0 Å². The molecular weight excluding hydrogens is 719 g/mol. The number of hydrogen-bond donors (Lipinski definition) is 0. The highest BCUT2D eigenvalue weighted by atomic mass is 32.1. The van der Waals surface area contributed by atoms with Crippen LogP contribution in [0, 0.1) is 0 Å². The zero-order valence-electron chi connectivity index (χ0n) is 32.4. The number of para-hydroxylation sites is 2. The first-order valence-electron chi connectivity index (χ1n) is 20.8. The standard InChI is InChI=1S/C56H43NS/c1-2-17-39(18-3-1)45-30-14-21-40-22-15-31-49(55(40)45)46-26-6-9-34-52(46)57(42-24-12-23-41(37-42)44-29-13-20-38-19-4-5-25-43(38)44)53-35-10-7-27-47(53)50-32-16-33-51-48-28-8-11-36-54(48)58-56(50)51/h4-16,19-37,39H,1-3,17-18H2. The average Bonchev–Trinajstić information content (AvgIpc) is 3.68. The van der Waals surface area contributed by atoms with Crippen LogP contribution in [0.25, 0.3) is 75.1 Å². The van der Waals surface area contributed by atoms with Gasteiger partial charge >= 0.3 is 0 Å². The van der Waals surface area contributed by atoms with E-state index >= 15 is 0 Å². The third kappa shape index (κ3) is 5.99. The predicted molar refractivity (Wildman–Crippen MR) is 251 cm³/mol. The lowest BCUT2D eigenvalue weighted by molar-refractivity contribution is 0.445. The van der Waals surface area contributed by atoms with Crippen LogP contribution in [0.4, 0.5) is 17.1 Å². The van der Waals surface area contributed by atoms with Crippen molar-refractivity contribution in [2.75, 3.05) is 4.90 Å². The smallest absolute Gasteiger partial charge is 0.0540 e. The molecule has 1 nitrogen and oxygen atoms in total. The van der Waals surface area contributed by atoms with Crippen LogP contribution in [0.1, 0.15) is 43.6 Å². The van der Waals surface area contributed by atoms with Crippen molar-refractivity contribution >= 4 is 70.1 Å². The second-order valence-electron chi connectivity index (χ2n) is 15.8. The molecule has 2 heteroatoms. The van der Waals surface area contributed by atoms with Crippen LogP contribution in [0.5, 0.6) is 0 Å². The molecule has 10 aromatic rings. The topological polar surface area (TPSA) is 3.24 Å². The van der Waals surface area contributed by atoms with Crippen molar-refractivity contribution in [2.24, 2.45) is 0 Å². The summed E-state index contributed by atoms with van der Waals surface area (Å²) in [6.45, 7) is 0. The Morgan fingerprint density at radius 3 is 1.81 bits per heavy atom. The highest BCUT2D eigenvalue weighted by Crippen LogP contribution is 2.50. The molecule has 1 aliphatic carbocycles. The molecule has 9 aromatic carbocycles. The number of anilines is 3. The maximum Gasteiger partial charge on any atom is 0.0540 e. The number of fused-ring (bicyclic) bond motifs is 5. The summed E-state index contributed by atoms with van der Waals surface area (Å²) < 4.78 is 2.64. The quantitative estimate of drug-likeness (QED) is 0.156. The van der Waals surface area contributed by atoms with E-state index in [1.165, 1.54) is 118 Å². The van der Waals surface area contributed by atoms with E-state index in [0.29, 0.717) is 5.92 Å². The molecule has 1 saturated carbocycles. The van der Waals surface area contributed by atoms with Gasteiger partial charge in [0.1, 0.15) is 0 Å². The van der Waals surface area contributed by atoms with Gasteiger partial charge in [0, 0.05) is 42.6 Å². The van der Waals surface area contributed by atoms with Crippen LogP contribution in [0.2, 0.25) is 0 Å². The van der Waals surface area contributed by atoms with E-state index < -0.39 is 0 Å². The monoisotopic (exact) mass is 761 g/mol. The Balaban J connectivity index is 1.18. The molecule has 1 aromatic heterocycles. The highest BCUT2D eigenvalue weighted by Gasteiger charge is 2.25. The van der Waals surface area contributed by atoms with Gasteiger partial charge in [-0.15, -0.1) is 11.3 Å². The molecule has 0 spiro atoms. The number of nitrogens with zero attached hydrogens (tertiary/aromatic N) is 1. The third-order valence-corrected chi connectivity index (χ3v) is 13.7. The zero-order valence-corrected chi connectivity index (χ0v) is 33.3. The normalized spacial score (nSPS) is 13.4. The van der Waals surface area contributed by atoms with Crippen LogP contribution < -0.4 is 4.90 Å². The van der Waals surface area contributed by atoms with Crippen molar-refractivity contribution < 1.29 is 0 Å². The van der Waals surface area contributed by atoms with Gasteiger partial charge in [-0.25, -0.2) is 0 Å². The molecule has 58 heavy (non-hydrogen) atoms. The van der Waals surface area contributed by atoms with Gasteiger partial charge in [0.05, 0.1) is 11.4 Å². The fourth-order valence-corrected chi connectivity index (χ4v) is 11.0. The van der Waals surface area contributed by atoms with Crippen LogP contribution in [-0.2, 0) is 0 Å². The van der Waals surface area contributed by atoms with Gasteiger partial charge in [-0.05, 0) is 92.9 Å². The maximum absolute atomic E-state index is 2.54. The number of rotatable bonds is 7. The summed E-state index contributed by atoms with van der Waals surface area (Å²) in [4.78, 5) is 2.54. The van der Waals surface area contributed by atoms with Crippen molar-refractivity contribution in [2.45, 2.75) is 38.0 Å². The molecule has 0 radical (unpaired) electrons. The average molecular weight is 762 g/mol. The number of benzene rings is 9. The Bertz CT molecular complexity index is 3120. The van der Waals surface area contributed by atoms with Crippen LogP contribution in [0.15, 0.2) is 194 Å². The largest absolute Gasteiger partial charge is 0.309 e. The van der Waals surface area contributed by atoms with Crippen LogP contribution >= 0.6 is 11.3 Å². The first-order chi connectivity index (χ1) is 28.8. The molecule has 0 bridgehead atoms. The summed E-state index contributed by atoms with van der Waals surface area (Å²) >= 11 is 1.89. The van der Waals surface area contributed by atoms with E-state index in [0.717, 1.165) is 11.4 Å². The number of hydrogen-bond acceptors (Lipinski definition) is 2.